The van der Waals surface area contributed by atoms with Crippen LogP contribution in [-0.2, 0) is 26.2 Å². The number of halogens is 2. The fourth-order valence-corrected chi connectivity index (χ4v) is 4.06. The molecular formula is C19H22Cl2N2O4S. The average molecular weight is 445 g/mol. The zero-order chi connectivity index (χ0) is 20.7. The van der Waals surface area contributed by atoms with E-state index in [0.29, 0.717) is 29.4 Å². The lowest BCUT2D eigenvalue weighted by atomic mass is 10.2. The van der Waals surface area contributed by atoms with Gasteiger partial charge in [0.05, 0.1) is 23.6 Å². The van der Waals surface area contributed by atoms with Crippen LogP contribution in [0.3, 0.4) is 0 Å². The summed E-state index contributed by atoms with van der Waals surface area (Å²) >= 11 is 12.1. The summed E-state index contributed by atoms with van der Waals surface area (Å²) in [5.41, 5.74) is 1.90. The zero-order valence-electron chi connectivity index (χ0n) is 15.6. The lowest BCUT2D eigenvalue weighted by Crippen LogP contribution is -2.31. The van der Waals surface area contributed by atoms with Crippen molar-refractivity contribution in [2.75, 3.05) is 29.5 Å². The first-order valence-electron chi connectivity index (χ1n) is 8.51. The molecule has 0 unspecified atom stereocenters. The molecule has 0 radical (unpaired) electrons. The number of carbonyl (C=O) groups is 1. The summed E-state index contributed by atoms with van der Waals surface area (Å²) in [5.74, 6) is -0.208. The second-order valence-electron chi connectivity index (χ2n) is 6.22. The van der Waals surface area contributed by atoms with Crippen molar-refractivity contribution in [2.24, 2.45) is 0 Å². The normalized spacial score (nSPS) is 11.3. The monoisotopic (exact) mass is 444 g/mol. The molecule has 2 rings (SSSR count). The summed E-state index contributed by atoms with van der Waals surface area (Å²) in [6.45, 7) is 0.559. The third-order valence-electron chi connectivity index (χ3n) is 3.86. The molecule has 0 saturated carbocycles. The highest BCUT2D eigenvalue weighted by molar-refractivity contribution is 7.92. The highest BCUT2D eigenvalue weighted by atomic mass is 35.5. The molecule has 9 heteroatoms. The largest absolute Gasteiger partial charge is 0.380 e. The van der Waals surface area contributed by atoms with Gasteiger partial charge in [-0.15, -0.1) is 0 Å². The highest BCUT2D eigenvalue weighted by Gasteiger charge is 2.20. The summed E-state index contributed by atoms with van der Waals surface area (Å²) in [5, 5.41) is 3.45. The molecular weight excluding hydrogens is 423 g/mol. The Bertz CT molecular complexity index is 935. The van der Waals surface area contributed by atoms with E-state index in [0.717, 1.165) is 16.1 Å². The van der Waals surface area contributed by atoms with E-state index in [-0.39, 0.29) is 23.9 Å². The number of amides is 1. The van der Waals surface area contributed by atoms with E-state index in [9.17, 15) is 13.2 Å². The molecule has 0 fully saturated rings. The average Bonchev–Trinajstić information content (AvgIpc) is 2.61. The maximum Gasteiger partial charge on any atom is 0.232 e. The molecule has 2 aromatic rings. The van der Waals surface area contributed by atoms with Crippen molar-refractivity contribution in [1.82, 2.24) is 0 Å². The van der Waals surface area contributed by atoms with E-state index in [2.05, 4.69) is 5.32 Å². The van der Waals surface area contributed by atoms with Crippen LogP contribution in [0.25, 0.3) is 0 Å². The van der Waals surface area contributed by atoms with E-state index >= 15 is 0 Å². The third kappa shape index (κ3) is 6.67. The van der Waals surface area contributed by atoms with Crippen LogP contribution in [0.15, 0.2) is 42.5 Å². The van der Waals surface area contributed by atoms with E-state index in [1.165, 1.54) is 12.1 Å². The van der Waals surface area contributed by atoms with Crippen LogP contribution in [0.1, 0.15) is 18.4 Å². The molecule has 28 heavy (non-hydrogen) atoms. The van der Waals surface area contributed by atoms with Crippen molar-refractivity contribution >= 4 is 50.5 Å². The summed E-state index contributed by atoms with van der Waals surface area (Å²) in [4.78, 5) is 12.2. The Hall–Kier alpha value is -1.80. The second-order valence-corrected chi connectivity index (χ2v) is 8.97. The number of nitrogens with zero attached hydrogens (tertiary/aromatic N) is 1. The Kier molecular flexibility index (Phi) is 8.12. The molecule has 0 aliphatic rings. The lowest BCUT2D eigenvalue weighted by Gasteiger charge is -2.23. The maximum atomic E-state index is 12.2. The van der Waals surface area contributed by atoms with Crippen molar-refractivity contribution < 1.29 is 17.9 Å². The van der Waals surface area contributed by atoms with Crippen LogP contribution in [-0.4, -0.2) is 34.2 Å². The van der Waals surface area contributed by atoms with Gasteiger partial charge in [0.25, 0.3) is 0 Å². The minimum atomic E-state index is -3.58. The van der Waals surface area contributed by atoms with Crippen LogP contribution >= 0.6 is 23.2 Å². The Morgan fingerprint density at radius 1 is 1.18 bits per heavy atom. The number of ether oxygens (including phenoxy) is 1. The number of sulfonamides is 1. The molecule has 0 saturated heterocycles. The smallest absolute Gasteiger partial charge is 0.232 e. The Morgan fingerprint density at radius 2 is 1.93 bits per heavy atom. The molecule has 1 N–H and O–H groups in total. The number of hydrogen-bond acceptors (Lipinski definition) is 4. The predicted molar refractivity (Wildman–Crippen MR) is 114 cm³/mol. The standard InChI is InChI=1S/C19H22Cl2N2O4S/c1-27-13-14-5-3-6-16(11-14)22-19(24)7-4-10-23(28(2,25)26)18-12-15(20)8-9-17(18)21/h3,5-6,8-9,11-12H,4,7,10,13H2,1-2H3,(H,22,24). The zero-order valence-corrected chi connectivity index (χ0v) is 17.9. The van der Waals surface area contributed by atoms with Crippen molar-refractivity contribution in [2.45, 2.75) is 19.4 Å². The van der Waals surface area contributed by atoms with Gasteiger partial charge in [0, 0.05) is 30.8 Å². The van der Waals surface area contributed by atoms with Crippen LogP contribution < -0.4 is 9.62 Å². The number of benzene rings is 2. The van der Waals surface area contributed by atoms with Gasteiger partial charge in [0.1, 0.15) is 0 Å². The summed E-state index contributed by atoms with van der Waals surface area (Å²) in [6, 6.07) is 12.0. The molecule has 2 aromatic carbocycles. The van der Waals surface area contributed by atoms with E-state index in [1.807, 2.05) is 18.2 Å². The fraction of sp³-hybridized carbons (Fsp3) is 0.316. The van der Waals surface area contributed by atoms with Crippen molar-refractivity contribution in [3.8, 4) is 0 Å². The van der Waals surface area contributed by atoms with Crippen molar-refractivity contribution in [1.29, 1.82) is 0 Å². The molecule has 0 bridgehead atoms. The van der Waals surface area contributed by atoms with Crippen LogP contribution in [0.2, 0.25) is 10.0 Å². The van der Waals surface area contributed by atoms with Crippen LogP contribution in [0.5, 0.6) is 0 Å². The molecule has 0 atom stereocenters. The number of rotatable bonds is 9. The second kappa shape index (κ2) is 10.1. The first kappa shape index (κ1) is 22.5. The van der Waals surface area contributed by atoms with Gasteiger partial charge < -0.3 is 10.1 Å². The van der Waals surface area contributed by atoms with E-state index in [1.54, 1.807) is 19.2 Å². The Balaban J connectivity index is 1.99. The molecule has 0 spiro atoms. The lowest BCUT2D eigenvalue weighted by molar-refractivity contribution is -0.116. The number of hydrogen-bond donors (Lipinski definition) is 1. The molecule has 1 amide bonds. The van der Waals surface area contributed by atoms with Gasteiger partial charge in [-0.1, -0.05) is 35.3 Å². The topological polar surface area (TPSA) is 75.7 Å². The summed E-state index contributed by atoms with van der Waals surface area (Å²) in [6.07, 6.45) is 1.56. The van der Waals surface area contributed by atoms with E-state index in [4.69, 9.17) is 27.9 Å². The first-order chi connectivity index (χ1) is 13.2. The quantitative estimate of drug-likeness (QED) is 0.624. The van der Waals surface area contributed by atoms with Gasteiger partial charge >= 0.3 is 0 Å². The predicted octanol–water partition coefficient (Wildman–Crippen LogP) is 4.32. The fourth-order valence-electron chi connectivity index (χ4n) is 2.65. The van der Waals surface area contributed by atoms with Gasteiger partial charge in [-0.2, -0.15) is 0 Å². The van der Waals surface area contributed by atoms with Crippen LogP contribution in [0, 0.1) is 0 Å². The third-order valence-corrected chi connectivity index (χ3v) is 5.60. The molecule has 6 nitrogen and oxygen atoms in total. The van der Waals surface area contributed by atoms with Gasteiger partial charge in [-0.05, 0) is 42.3 Å². The number of carbonyl (C=O) groups excluding carboxylic acids is 1. The molecule has 152 valence electrons. The van der Waals surface area contributed by atoms with E-state index < -0.39 is 10.0 Å². The van der Waals surface area contributed by atoms with Gasteiger partial charge in [0.2, 0.25) is 15.9 Å². The number of methoxy groups -OCH3 is 1. The van der Waals surface area contributed by atoms with Crippen molar-refractivity contribution in [3.63, 3.8) is 0 Å². The maximum absolute atomic E-state index is 12.2. The molecule has 0 aliphatic heterocycles. The molecule has 0 aliphatic carbocycles. The summed E-state index contributed by atoms with van der Waals surface area (Å²) in [7, 11) is -1.98. The Labute approximate surface area is 175 Å². The summed E-state index contributed by atoms with van der Waals surface area (Å²) < 4.78 is 30.6. The SMILES string of the molecule is COCc1cccc(NC(=O)CCCN(c2cc(Cl)ccc2Cl)S(C)(=O)=O)c1. The van der Waals surface area contributed by atoms with Crippen molar-refractivity contribution in [3.05, 3.63) is 58.1 Å². The molecule has 0 heterocycles. The van der Waals surface area contributed by atoms with Gasteiger partial charge in [0.15, 0.2) is 0 Å². The minimum Gasteiger partial charge on any atom is -0.380 e. The number of nitrogens with one attached hydrogen (secondary N) is 1. The van der Waals surface area contributed by atoms with Gasteiger partial charge in [-0.25, -0.2) is 8.42 Å². The number of anilines is 2. The highest BCUT2D eigenvalue weighted by Crippen LogP contribution is 2.30. The minimum absolute atomic E-state index is 0.107. The van der Waals surface area contributed by atoms with Gasteiger partial charge in [-0.3, -0.25) is 9.10 Å². The Morgan fingerprint density at radius 3 is 2.61 bits per heavy atom. The molecule has 0 aromatic heterocycles. The first-order valence-corrected chi connectivity index (χ1v) is 11.1. The van der Waals surface area contributed by atoms with Crippen LogP contribution in [0.4, 0.5) is 11.4 Å².